The van der Waals surface area contributed by atoms with Crippen LogP contribution in [-0.4, -0.2) is 72.5 Å². The topological polar surface area (TPSA) is 65.7 Å². The van der Waals surface area contributed by atoms with Gasteiger partial charge in [0.1, 0.15) is 0 Å². The van der Waals surface area contributed by atoms with Crippen LogP contribution in [0, 0.1) is 5.92 Å². The van der Waals surface area contributed by atoms with Crippen LogP contribution in [0.5, 0.6) is 0 Å². The van der Waals surface area contributed by atoms with E-state index in [-0.39, 0.29) is 11.9 Å². The lowest BCUT2D eigenvalue weighted by Crippen LogP contribution is -2.53. The van der Waals surface area contributed by atoms with Gasteiger partial charge in [-0.3, -0.25) is 9.78 Å². The van der Waals surface area contributed by atoms with E-state index in [4.69, 9.17) is 5.73 Å². The maximum absolute atomic E-state index is 12.7. The number of aromatic nitrogens is 1. The highest BCUT2D eigenvalue weighted by Crippen LogP contribution is 2.22. The molecule has 1 aromatic rings. The van der Waals surface area contributed by atoms with E-state index in [0.717, 1.165) is 45.7 Å². The van der Waals surface area contributed by atoms with Crippen molar-refractivity contribution in [3.63, 3.8) is 0 Å². The zero-order valence-corrected chi connectivity index (χ0v) is 16.0. The van der Waals surface area contributed by atoms with Gasteiger partial charge in [-0.15, -0.1) is 0 Å². The Balaban J connectivity index is 1.42. The van der Waals surface area contributed by atoms with Crippen molar-refractivity contribution in [2.24, 2.45) is 11.7 Å². The number of amides is 1. The predicted molar refractivity (Wildman–Crippen MR) is 105 cm³/mol. The van der Waals surface area contributed by atoms with E-state index in [0.29, 0.717) is 5.92 Å². The number of nitrogens with two attached hydrogens (primary N) is 1. The Hall–Kier alpha value is -1.66. The summed E-state index contributed by atoms with van der Waals surface area (Å²) in [5.74, 6) is 0.732. The fourth-order valence-electron chi connectivity index (χ4n) is 4.20. The average molecular weight is 360 g/mol. The Morgan fingerprint density at radius 1 is 1.15 bits per heavy atom. The van der Waals surface area contributed by atoms with Gasteiger partial charge in [0.15, 0.2) is 0 Å². The summed E-state index contributed by atoms with van der Waals surface area (Å²) in [6.07, 6.45) is 8.04. The van der Waals surface area contributed by atoms with Crippen LogP contribution in [0.15, 0.2) is 24.5 Å². The molecule has 26 heavy (non-hydrogen) atoms. The third-order valence-corrected chi connectivity index (χ3v) is 5.77. The molecule has 0 aliphatic carbocycles. The molecule has 1 aromatic heterocycles. The second kappa shape index (κ2) is 9.33. The van der Waals surface area contributed by atoms with E-state index < -0.39 is 0 Å². The molecular weight excluding hydrogens is 326 g/mol. The highest BCUT2D eigenvalue weighted by atomic mass is 16.2. The van der Waals surface area contributed by atoms with Gasteiger partial charge in [0.05, 0.1) is 6.04 Å². The van der Waals surface area contributed by atoms with Crippen molar-refractivity contribution in [1.29, 1.82) is 0 Å². The monoisotopic (exact) mass is 359 g/mol. The van der Waals surface area contributed by atoms with Crippen molar-refractivity contribution in [3.05, 3.63) is 24.5 Å². The van der Waals surface area contributed by atoms with E-state index >= 15 is 0 Å². The summed E-state index contributed by atoms with van der Waals surface area (Å²) in [6, 6.07) is 3.70. The second-order valence-electron chi connectivity index (χ2n) is 7.64. The van der Waals surface area contributed by atoms with Crippen molar-refractivity contribution in [2.45, 2.75) is 38.6 Å². The van der Waals surface area contributed by atoms with Gasteiger partial charge in [-0.25, -0.2) is 0 Å². The van der Waals surface area contributed by atoms with Gasteiger partial charge < -0.3 is 20.4 Å². The summed E-state index contributed by atoms with van der Waals surface area (Å²) < 4.78 is 0. The quantitative estimate of drug-likeness (QED) is 0.835. The number of hydrogen-bond donors (Lipinski definition) is 1. The molecule has 0 radical (unpaired) electrons. The molecule has 2 saturated heterocycles. The van der Waals surface area contributed by atoms with Crippen LogP contribution in [0.1, 0.15) is 32.6 Å². The Morgan fingerprint density at radius 2 is 1.81 bits per heavy atom. The van der Waals surface area contributed by atoms with Crippen molar-refractivity contribution in [1.82, 2.24) is 14.8 Å². The largest absolute Gasteiger partial charge is 0.368 e. The van der Waals surface area contributed by atoms with Crippen LogP contribution in [0.3, 0.4) is 0 Å². The first-order chi connectivity index (χ1) is 12.7. The van der Waals surface area contributed by atoms with Gasteiger partial charge in [0.25, 0.3) is 0 Å². The molecule has 2 N–H and O–H groups in total. The molecule has 6 nitrogen and oxygen atoms in total. The summed E-state index contributed by atoms with van der Waals surface area (Å²) in [7, 11) is 0. The highest BCUT2D eigenvalue weighted by Gasteiger charge is 2.28. The number of rotatable bonds is 6. The van der Waals surface area contributed by atoms with Crippen LogP contribution >= 0.6 is 0 Å². The standard InChI is InChI=1S/C20H33N5O/c1-2-9-23-10-5-17(6-11-23)16-19(21)20(26)25-14-12-24(13-15-25)18-3-7-22-8-4-18/h3-4,7-8,17,19H,2,5-6,9-16,21H2,1H3/t19-/m0/s1. The smallest absolute Gasteiger partial charge is 0.239 e. The summed E-state index contributed by atoms with van der Waals surface area (Å²) in [5.41, 5.74) is 7.47. The molecule has 0 aromatic carbocycles. The second-order valence-corrected chi connectivity index (χ2v) is 7.64. The van der Waals surface area contributed by atoms with Gasteiger partial charge in [-0.2, -0.15) is 0 Å². The SMILES string of the molecule is CCCN1CCC(C[C@H](N)C(=O)N2CCN(c3ccncc3)CC2)CC1. The lowest BCUT2D eigenvalue weighted by Gasteiger charge is -2.38. The molecule has 2 aliphatic rings. The van der Waals surface area contributed by atoms with Crippen molar-refractivity contribution >= 4 is 11.6 Å². The lowest BCUT2D eigenvalue weighted by molar-refractivity contribution is -0.133. The number of pyridine rings is 1. The number of anilines is 1. The van der Waals surface area contributed by atoms with Crippen molar-refractivity contribution < 1.29 is 4.79 Å². The maximum Gasteiger partial charge on any atom is 0.239 e. The molecule has 0 unspecified atom stereocenters. The van der Waals surface area contributed by atoms with Crippen LogP contribution in [0.25, 0.3) is 0 Å². The summed E-state index contributed by atoms with van der Waals surface area (Å²) in [4.78, 5) is 23.6. The summed E-state index contributed by atoms with van der Waals surface area (Å²) in [6.45, 7) is 8.96. The molecule has 3 rings (SSSR count). The van der Waals surface area contributed by atoms with Crippen LogP contribution in [0.4, 0.5) is 5.69 Å². The first kappa shape index (κ1) is 19.1. The van der Waals surface area contributed by atoms with E-state index in [2.05, 4.69) is 21.7 Å². The third-order valence-electron chi connectivity index (χ3n) is 5.77. The summed E-state index contributed by atoms with van der Waals surface area (Å²) >= 11 is 0. The number of carbonyl (C=O) groups is 1. The zero-order chi connectivity index (χ0) is 18.4. The van der Waals surface area contributed by atoms with Gasteiger partial charge >= 0.3 is 0 Å². The van der Waals surface area contributed by atoms with E-state index in [1.165, 1.54) is 31.5 Å². The highest BCUT2D eigenvalue weighted by molar-refractivity contribution is 5.82. The van der Waals surface area contributed by atoms with Crippen LogP contribution < -0.4 is 10.6 Å². The first-order valence-corrected chi connectivity index (χ1v) is 10.1. The number of carbonyl (C=O) groups excluding carboxylic acids is 1. The first-order valence-electron chi connectivity index (χ1n) is 10.1. The number of hydrogen-bond acceptors (Lipinski definition) is 5. The molecule has 1 amide bonds. The number of likely N-dealkylation sites (tertiary alicyclic amines) is 1. The maximum atomic E-state index is 12.7. The minimum atomic E-state index is -0.342. The van der Waals surface area contributed by atoms with Gasteiger partial charge in [0.2, 0.25) is 5.91 Å². The van der Waals surface area contributed by atoms with Crippen molar-refractivity contribution in [3.8, 4) is 0 Å². The van der Waals surface area contributed by atoms with E-state index in [1.54, 1.807) is 0 Å². The lowest BCUT2D eigenvalue weighted by atomic mass is 9.90. The Bertz CT molecular complexity index is 551. The van der Waals surface area contributed by atoms with Gasteiger partial charge in [-0.1, -0.05) is 6.92 Å². The number of nitrogens with zero attached hydrogens (tertiary/aromatic N) is 4. The fraction of sp³-hybridized carbons (Fsp3) is 0.700. The average Bonchev–Trinajstić information content (AvgIpc) is 2.70. The normalized spacial score (nSPS) is 21.0. The molecule has 6 heteroatoms. The fourth-order valence-corrected chi connectivity index (χ4v) is 4.20. The molecule has 0 spiro atoms. The minimum absolute atomic E-state index is 0.135. The molecule has 2 aliphatic heterocycles. The molecule has 3 heterocycles. The van der Waals surface area contributed by atoms with E-state index in [9.17, 15) is 4.79 Å². The predicted octanol–water partition coefficient (Wildman–Crippen LogP) is 1.57. The van der Waals surface area contributed by atoms with E-state index in [1.807, 2.05) is 29.4 Å². The molecule has 2 fully saturated rings. The molecule has 0 saturated carbocycles. The molecule has 144 valence electrons. The Kier molecular flexibility index (Phi) is 6.86. The minimum Gasteiger partial charge on any atom is -0.368 e. The number of piperidine rings is 1. The Morgan fingerprint density at radius 3 is 2.42 bits per heavy atom. The Labute approximate surface area is 157 Å². The van der Waals surface area contributed by atoms with Gasteiger partial charge in [-0.05, 0) is 63.4 Å². The summed E-state index contributed by atoms with van der Waals surface area (Å²) in [5, 5.41) is 0. The molecule has 0 bridgehead atoms. The van der Waals surface area contributed by atoms with Gasteiger partial charge in [0, 0.05) is 44.3 Å². The third kappa shape index (κ3) is 4.95. The van der Waals surface area contributed by atoms with Crippen LogP contribution in [-0.2, 0) is 4.79 Å². The molecule has 1 atom stereocenters. The number of piperazine rings is 1. The molecular formula is C20H33N5O. The van der Waals surface area contributed by atoms with Crippen LogP contribution in [0.2, 0.25) is 0 Å². The van der Waals surface area contributed by atoms with Crippen molar-refractivity contribution in [2.75, 3.05) is 50.7 Å². The zero-order valence-electron chi connectivity index (χ0n) is 16.0.